The van der Waals surface area contributed by atoms with Crippen LogP contribution in [0.15, 0.2) is 38.6 Å². The third-order valence-corrected chi connectivity index (χ3v) is 2.63. The molecule has 0 aliphatic carbocycles. The monoisotopic (exact) mass is 256 g/mol. The molecule has 0 aromatic heterocycles. The lowest BCUT2D eigenvalue weighted by atomic mass is 10.1. The fourth-order valence-corrected chi connectivity index (χ4v) is 1.97. The number of carbonyl (C=O) groups is 1. The van der Waals surface area contributed by atoms with Gasteiger partial charge < -0.3 is 4.18 Å². The Hall–Kier alpha value is -2.07. The summed E-state index contributed by atoms with van der Waals surface area (Å²) in [4.78, 5) is 16.3. The van der Waals surface area contributed by atoms with Gasteiger partial charge in [0.25, 0.3) is 5.88 Å². The molecule has 0 saturated carbocycles. The minimum absolute atomic E-state index is 0.209. The summed E-state index contributed by atoms with van der Waals surface area (Å²) >= 11 is 0. The van der Waals surface area contributed by atoms with Gasteiger partial charge >= 0.3 is 16.4 Å². The summed E-state index contributed by atoms with van der Waals surface area (Å²) in [6.07, 6.45) is 1.39. The van der Waals surface area contributed by atoms with Gasteiger partial charge in [-0.25, -0.2) is 4.79 Å². The Morgan fingerprint density at radius 1 is 1.41 bits per heavy atom. The molecule has 0 atom stereocenters. The van der Waals surface area contributed by atoms with Crippen molar-refractivity contribution in [3.63, 3.8) is 0 Å². The molecule has 9 nitrogen and oxygen atoms in total. The minimum Gasteiger partial charge on any atom is -0.339 e. The van der Waals surface area contributed by atoms with Gasteiger partial charge in [-0.15, -0.1) is 10.2 Å². The predicted octanol–water partition coefficient (Wildman–Crippen LogP) is 0.215. The number of rotatable bonds is 2. The summed E-state index contributed by atoms with van der Waals surface area (Å²) < 4.78 is 34.0. The normalized spacial score (nSPS) is 21.7. The van der Waals surface area contributed by atoms with Crippen LogP contribution in [-0.2, 0) is 14.6 Å². The van der Waals surface area contributed by atoms with E-state index in [0.29, 0.717) is 5.71 Å². The molecule has 0 unspecified atom stereocenters. The summed E-state index contributed by atoms with van der Waals surface area (Å²) in [5.74, 6) is -0.383. The smallest absolute Gasteiger partial charge is 0.339 e. The number of hydrogen-bond donors (Lipinski definition) is 1. The third-order valence-electron chi connectivity index (χ3n) is 2.27. The van der Waals surface area contributed by atoms with Crippen molar-refractivity contribution >= 4 is 22.1 Å². The number of carbonyl (C=O) groups excluding carboxylic acids is 1. The van der Waals surface area contributed by atoms with Gasteiger partial charge in [-0.3, -0.25) is 9.45 Å². The van der Waals surface area contributed by atoms with Gasteiger partial charge in [0.2, 0.25) is 0 Å². The van der Waals surface area contributed by atoms with Crippen molar-refractivity contribution in [2.24, 2.45) is 15.2 Å². The summed E-state index contributed by atoms with van der Waals surface area (Å²) in [6.45, 7) is 0.209. The maximum absolute atomic E-state index is 11.3. The Labute approximate surface area is 94.7 Å². The molecule has 0 aromatic rings. The quantitative estimate of drug-likeness (QED) is 0.708. The van der Waals surface area contributed by atoms with Gasteiger partial charge in [0.05, 0.1) is 17.8 Å². The van der Waals surface area contributed by atoms with E-state index < -0.39 is 16.4 Å². The van der Waals surface area contributed by atoms with Crippen molar-refractivity contribution in [3.05, 3.63) is 23.4 Å². The Balaban J connectivity index is 2.12. The molecule has 0 radical (unpaired) electrons. The lowest BCUT2D eigenvalue weighted by Gasteiger charge is -2.14. The molecule has 3 aliphatic heterocycles. The van der Waals surface area contributed by atoms with Gasteiger partial charge in [0.1, 0.15) is 5.70 Å². The summed E-state index contributed by atoms with van der Waals surface area (Å²) in [5.41, 5.74) is 0.806. The molecule has 0 aromatic carbocycles. The molecule has 88 valence electrons. The van der Waals surface area contributed by atoms with E-state index in [1.165, 1.54) is 11.1 Å². The molecule has 17 heavy (non-hydrogen) atoms. The van der Waals surface area contributed by atoms with E-state index in [2.05, 4.69) is 19.4 Å². The first kappa shape index (κ1) is 10.1. The summed E-state index contributed by atoms with van der Waals surface area (Å²) in [7, 11) is -4.68. The van der Waals surface area contributed by atoms with Gasteiger partial charge in [-0.05, 0) is 0 Å². The first-order chi connectivity index (χ1) is 7.94. The number of allylic oxidation sites excluding steroid dienone is 1. The molecule has 0 saturated heterocycles. The zero-order valence-corrected chi connectivity index (χ0v) is 8.88. The minimum atomic E-state index is -4.68. The van der Waals surface area contributed by atoms with E-state index >= 15 is 0 Å². The molecule has 2 bridgehead atoms. The predicted molar refractivity (Wildman–Crippen MR) is 52.1 cm³/mol. The van der Waals surface area contributed by atoms with Gasteiger partial charge in [-0.1, -0.05) is 0 Å². The largest absolute Gasteiger partial charge is 0.448 e. The lowest BCUT2D eigenvalue weighted by molar-refractivity contribution is 0.232. The molecular formula is C7H4N4O5S. The first-order valence-electron chi connectivity index (χ1n) is 4.38. The van der Waals surface area contributed by atoms with Crippen LogP contribution in [0, 0.1) is 0 Å². The second kappa shape index (κ2) is 2.99. The van der Waals surface area contributed by atoms with Crippen LogP contribution in [-0.4, -0.2) is 36.2 Å². The highest BCUT2D eigenvalue weighted by molar-refractivity contribution is 7.81. The van der Waals surface area contributed by atoms with E-state index in [-0.39, 0.29) is 23.7 Å². The second-order valence-corrected chi connectivity index (χ2v) is 4.40. The van der Waals surface area contributed by atoms with Gasteiger partial charge in [-0.2, -0.15) is 13.4 Å². The highest BCUT2D eigenvalue weighted by Crippen LogP contribution is 2.34. The summed E-state index contributed by atoms with van der Waals surface area (Å²) in [5, 5.41) is 7.10. The van der Waals surface area contributed by atoms with Crippen molar-refractivity contribution in [2.45, 2.75) is 0 Å². The highest BCUT2D eigenvalue weighted by atomic mass is 32.3. The van der Waals surface area contributed by atoms with Crippen LogP contribution in [0.2, 0.25) is 0 Å². The maximum atomic E-state index is 11.3. The molecule has 1 N–H and O–H groups in total. The SMILES string of the molecule is O=C1N=C2CN1C=C1N=NC(OS(=O)(=O)O)=C12. The fraction of sp³-hybridized carbons (Fsp3) is 0.143. The van der Waals surface area contributed by atoms with Crippen LogP contribution in [0.25, 0.3) is 0 Å². The Morgan fingerprint density at radius 2 is 2.18 bits per heavy atom. The van der Waals surface area contributed by atoms with Crippen molar-refractivity contribution in [2.75, 3.05) is 6.54 Å². The Bertz CT molecular complexity index is 656. The van der Waals surface area contributed by atoms with Crippen molar-refractivity contribution in [1.29, 1.82) is 0 Å². The van der Waals surface area contributed by atoms with Crippen molar-refractivity contribution in [3.8, 4) is 0 Å². The van der Waals surface area contributed by atoms with E-state index in [1.807, 2.05) is 0 Å². The standard InChI is InChI=1S/C7H4N4O5S/c12-7-8-3-1-11(7)2-4-5(3)6(10-9-4)16-17(13,14)15/h2H,1H2,(H,13,14,15). The number of azo groups is 1. The van der Waals surface area contributed by atoms with Crippen LogP contribution in [0.4, 0.5) is 4.79 Å². The topological polar surface area (TPSA) is 121 Å². The maximum Gasteiger partial charge on any atom is 0.448 e. The summed E-state index contributed by atoms with van der Waals surface area (Å²) in [6, 6.07) is -0.462. The van der Waals surface area contributed by atoms with Crippen molar-refractivity contribution < 1.29 is 21.9 Å². The molecular weight excluding hydrogens is 252 g/mol. The van der Waals surface area contributed by atoms with Crippen LogP contribution >= 0.6 is 0 Å². The Kier molecular flexibility index (Phi) is 1.78. The lowest BCUT2D eigenvalue weighted by Crippen LogP contribution is -2.26. The number of fused-ring (bicyclic) bond motifs is 4. The zero-order chi connectivity index (χ0) is 12.2. The molecule has 2 amide bonds. The molecule has 0 spiro atoms. The molecule has 10 heteroatoms. The number of urea groups is 1. The fourth-order valence-electron chi connectivity index (χ4n) is 1.66. The number of nitrogens with zero attached hydrogens (tertiary/aromatic N) is 4. The van der Waals surface area contributed by atoms with E-state index in [1.54, 1.807) is 0 Å². The highest BCUT2D eigenvalue weighted by Gasteiger charge is 2.37. The van der Waals surface area contributed by atoms with Crippen LogP contribution in [0.3, 0.4) is 0 Å². The number of hydrogen-bond acceptors (Lipinski definition) is 6. The van der Waals surface area contributed by atoms with Crippen molar-refractivity contribution in [1.82, 2.24) is 4.90 Å². The van der Waals surface area contributed by atoms with Crippen LogP contribution in [0.5, 0.6) is 0 Å². The number of amides is 2. The van der Waals surface area contributed by atoms with E-state index in [9.17, 15) is 13.2 Å². The molecule has 3 rings (SSSR count). The van der Waals surface area contributed by atoms with Crippen LogP contribution in [0.1, 0.15) is 0 Å². The van der Waals surface area contributed by atoms with E-state index in [4.69, 9.17) is 4.55 Å². The Morgan fingerprint density at radius 3 is 2.88 bits per heavy atom. The average Bonchev–Trinajstić information content (AvgIpc) is 2.70. The molecule has 3 heterocycles. The third kappa shape index (κ3) is 1.54. The van der Waals surface area contributed by atoms with E-state index in [0.717, 1.165) is 0 Å². The first-order valence-corrected chi connectivity index (χ1v) is 5.74. The molecule has 3 aliphatic rings. The zero-order valence-electron chi connectivity index (χ0n) is 8.06. The molecule has 0 fully saturated rings. The second-order valence-electron chi connectivity index (χ2n) is 3.37. The van der Waals surface area contributed by atoms with Gasteiger partial charge in [0, 0.05) is 6.20 Å². The number of aliphatic imine (C=N–C) groups is 1. The van der Waals surface area contributed by atoms with Crippen LogP contribution < -0.4 is 0 Å². The van der Waals surface area contributed by atoms with Gasteiger partial charge in [0.15, 0.2) is 0 Å². The average molecular weight is 256 g/mol.